The molecular weight excluding hydrogens is 238 g/mol. The molecule has 4 heteroatoms. The van der Waals surface area contributed by atoms with Gasteiger partial charge >= 0.3 is 0 Å². The van der Waals surface area contributed by atoms with Crippen LogP contribution in [-0.2, 0) is 6.54 Å². The lowest BCUT2D eigenvalue weighted by Crippen LogP contribution is -2.08. The summed E-state index contributed by atoms with van der Waals surface area (Å²) in [5.74, 6) is 0.157. The largest absolute Gasteiger partial charge is 0.335 e. The smallest absolute Gasteiger partial charge is 0.182 e. The Morgan fingerprint density at radius 2 is 1.89 bits per heavy atom. The molecule has 0 aliphatic rings. The fraction of sp³-hybridized carbons (Fsp3) is 0.733. The summed E-state index contributed by atoms with van der Waals surface area (Å²) >= 11 is 0. The molecule has 1 heterocycles. The van der Waals surface area contributed by atoms with E-state index in [4.69, 9.17) is 5.73 Å². The summed E-state index contributed by atoms with van der Waals surface area (Å²) in [5.41, 5.74) is 6.04. The molecule has 0 unspecified atom stereocenters. The molecule has 0 saturated carbocycles. The Morgan fingerprint density at radius 1 is 1.21 bits per heavy atom. The summed E-state index contributed by atoms with van der Waals surface area (Å²) in [6.07, 6.45) is 12.7. The molecule has 0 radical (unpaired) electrons. The Balaban J connectivity index is 2.13. The fourth-order valence-electron chi connectivity index (χ4n) is 2.15. The second-order valence-electron chi connectivity index (χ2n) is 5.08. The molecule has 0 amide bonds. The average molecular weight is 265 g/mol. The maximum absolute atomic E-state index is 11.9. The number of nitrogens with zero attached hydrogens (tertiary/aromatic N) is 2. The van der Waals surface area contributed by atoms with E-state index in [0.717, 1.165) is 19.4 Å². The number of unbranched alkanes of at least 4 members (excludes halogenated alkanes) is 6. The summed E-state index contributed by atoms with van der Waals surface area (Å²) in [6.45, 7) is 3.52. The van der Waals surface area contributed by atoms with E-state index in [9.17, 15) is 4.79 Å². The fourth-order valence-corrected chi connectivity index (χ4v) is 2.15. The molecule has 0 spiro atoms. The predicted octanol–water partition coefficient (Wildman–Crippen LogP) is 3.17. The minimum absolute atomic E-state index is 0.157. The molecule has 1 aromatic heterocycles. The van der Waals surface area contributed by atoms with Gasteiger partial charge in [0.25, 0.3) is 0 Å². The Kier molecular flexibility index (Phi) is 8.14. The molecule has 1 rings (SSSR count). The molecule has 108 valence electrons. The molecule has 0 fully saturated rings. The number of imidazole rings is 1. The van der Waals surface area contributed by atoms with Crippen LogP contribution < -0.4 is 5.73 Å². The normalized spacial score (nSPS) is 10.8. The van der Waals surface area contributed by atoms with Gasteiger partial charge in [0.1, 0.15) is 5.69 Å². The van der Waals surface area contributed by atoms with Gasteiger partial charge in [0.2, 0.25) is 0 Å². The standard InChI is InChI=1S/C15H27N3O/c1-2-3-4-5-6-7-8-9-15(19)14-12-18(11-10-16)13-17-14/h12-13H,2-11,16H2,1H3. The summed E-state index contributed by atoms with van der Waals surface area (Å²) in [7, 11) is 0. The third kappa shape index (κ3) is 6.53. The van der Waals surface area contributed by atoms with Crippen molar-refractivity contribution in [1.29, 1.82) is 0 Å². The molecule has 0 aliphatic carbocycles. The van der Waals surface area contributed by atoms with Crippen LogP contribution in [0.15, 0.2) is 12.5 Å². The first-order valence-corrected chi connectivity index (χ1v) is 7.53. The van der Waals surface area contributed by atoms with Crippen LogP contribution in [-0.4, -0.2) is 21.9 Å². The first-order valence-electron chi connectivity index (χ1n) is 7.53. The zero-order chi connectivity index (χ0) is 13.9. The van der Waals surface area contributed by atoms with Crippen molar-refractivity contribution in [3.63, 3.8) is 0 Å². The molecule has 0 saturated heterocycles. The highest BCUT2D eigenvalue weighted by Crippen LogP contribution is 2.10. The van der Waals surface area contributed by atoms with Crippen molar-refractivity contribution in [2.24, 2.45) is 5.73 Å². The van der Waals surface area contributed by atoms with Crippen molar-refractivity contribution >= 4 is 5.78 Å². The highest BCUT2D eigenvalue weighted by Gasteiger charge is 2.08. The van der Waals surface area contributed by atoms with E-state index in [2.05, 4.69) is 11.9 Å². The van der Waals surface area contributed by atoms with Gasteiger partial charge in [-0.05, 0) is 6.42 Å². The number of hydrogen-bond acceptors (Lipinski definition) is 3. The number of rotatable bonds is 11. The van der Waals surface area contributed by atoms with Gasteiger partial charge in [0, 0.05) is 25.7 Å². The molecule has 19 heavy (non-hydrogen) atoms. The van der Waals surface area contributed by atoms with Gasteiger partial charge in [-0.2, -0.15) is 0 Å². The molecule has 4 nitrogen and oxygen atoms in total. The molecule has 1 aromatic rings. The minimum Gasteiger partial charge on any atom is -0.335 e. The van der Waals surface area contributed by atoms with Crippen molar-refractivity contribution in [3.8, 4) is 0 Å². The van der Waals surface area contributed by atoms with E-state index in [1.54, 1.807) is 12.5 Å². The monoisotopic (exact) mass is 265 g/mol. The van der Waals surface area contributed by atoms with E-state index in [0.29, 0.717) is 18.7 Å². The molecule has 0 aromatic carbocycles. The zero-order valence-electron chi connectivity index (χ0n) is 12.1. The average Bonchev–Trinajstić information content (AvgIpc) is 2.87. The summed E-state index contributed by atoms with van der Waals surface area (Å²) in [5, 5.41) is 0. The van der Waals surface area contributed by atoms with Gasteiger partial charge in [-0.15, -0.1) is 0 Å². The molecule has 2 N–H and O–H groups in total. The van der Waals surface area contributed by atoms with E-state index in [-0.39, 0.29) is 5.78 Å². The Bertz CT molecular complexity index is 360. The van der Waals surface area contributed by atoms with Crippen LogP contribution in [0.5, 0.6) is 0 Å². The van der Waals surface area contributed by atoms with E-state index >= 15 is 0 Å². The number of ketones is 1. The number of carbonyl (C=O) groups excluding carboxylic acids is 1. The van der Waals surface area contributed by atoms with Crippen LogP contribution >= 0.6 is 0 Å². The van der Waals surface area contributed by atoms with Crippen molar-refractivity contribution in [2.75, 3.05) is 6.54 Å². The first-order chi connectivity index (χ1) is 9.27. The zero-order valence-corrected chi connectivity index (χ0v) is 12.1. The van der Waals surface area contributed by atoms with Gasteiger partial charge < -0.3 is 10.3 Å². The van der Waals surface area contributed by atoms with Crippen molar-refractivity contribution in [3.05, 3.63) is 18.2 Å². The Hall–Kier alpha value is -1.16. The van der Waals surface area contributed by atoms with Gasteiger partial charge in [-0.1, -0.05) is 45.4 Å². The van der Waals surface area contributed by atoms with Gasteiger partial charge in [0.05, 0.1) is 6.33 Å². The molecular formula is C15H27N3O. The minimum atomic E-state index is 0.157. The third-order valence-corrected chi connectivity index (χ3v) is 3.31. The van der Waals surface area contributed by atoms with Gasteiger partial charge in [-0.25, -0.2) is 4.98 Å². The van der Waals surface area contributed by atoms with Crippen LogP contribution in [0.25, 0.3) is 0 Å². The van der Waals surface area contributed by atoms with Crippen LogP contribution in [0.4, 0.5) is 0 Å². The maximum atomic E-state index is 11.9. The highest BCUT2D eigenvalue weighted by atomic mass is 16.1. The van der Waals surface area contributed by atoms with Crippen molar-refractivity contribution < 1.29 is 4.79 Å². The first kappa shape index (κ1) is 15.9. The predicted molar refractivity (Wildman–Crippen MR) is 78.2 cm³/mol. The lowest BCUT2D eigenvalue weighted by atomic mass is 10.1. The van der Waals surface area contributed by atoms with Crippen molar-refractivity contribution in [1.82, 2.24) is 9.55 Å². The number of aromatic nitrogens is 2. The molecule has 0 bridgehead atoms. The number of nitrogens with two attached hydrogens (primary N) is 1. The second kappa shape index (κ2) is 9.73. The summed E-state index contributed by atoms with van der Waals surface area (Å²) in [6, 6.07) is 0. The van der Waals surface area contributed by atoms with Crippen LogP contribution in [0, 0.1) is 0 Å². The molecule has 0 atom stereocenters. The van der Waals surface area contributed by atoms with Crippen LogP contribution in [0.2, 0.25) is 0 Å². The maximum Gasteiger partial charge on any atom is 0.182 e. The van der Waals surface area contributed by atoms with Crippen LogP contribution in [0.1, 0.15) is 68.8 Å². The third-order valence-electron chi connectivity index (χ3n) is 3.31. The van der Waals surface area contributed by atoms with E-state index in [1.165, 1.54) is 32.1 Å². The second-order valence-corrected chi connectivity index (χ2v) is 5.08. The number of carbonyl (C=O) groups is 1. The number of Topliss-reactive ketones (excluding diaryl/α,β-unsaturated/α-hetero) is 1. The number of hydrogen-bond donors (Lipinski definition) is 1. The Labute approximate surface area is 116 Å². The van der Waals surface area contributed by atoms with Gasteiger partial charge in [-0.3, -0.25) is 4.79 Å². The summed E-state index contributed by atoms with van der Waals surface area (Å²) in [4.78, 5) is 16.0. The lowest BCUT2D eigenvalue weighted by Gasteiger charge is -2.00. The van der Waals surface area contributed by atoms with E-state index in [1.807, 2.05) is 4.57 Å². The SMILES string of the molecule is CCCCCCCCCC(=O)c1cn(CCN)cn1. The lowest BCUT2D eigenvalue weighted by molar-refractivity contribution is 0.0974. The van der Waals surface area contributed by atoms with Crippen molar-refractivity contribution in [2.45, 2.75) is 64.8 Å². The summed E-state index contributed by atoms with van der Waals surface area (Å²) < 4.78 is 1.87. The molecule has 0 aliphatic heterocycles. The topological polar surface area (TPSA) is 60.9 Å². The van der Waals surface area contributed by atoms with E-state index < -0.39 is 0 Å². The van der Waals surface area contributed by atoms with Crippen LogP contribution in [0.3, 0.4) is 0 Å². The van der Waals surface area contributed by atoms with Gasteiger partial charge in [0.15, 0.2) is 5.78 Å². The Morgan fingerprint density at radius 3 is 2.58 bits per heavy atom. The quantitative estimate of drug-likeness (QED) is 0.494. The highest BCUT2D eigenvalue weighted by molar-refractivity contribution is 5.93.